The van der Waals surface area contributed by atoms with Gasteiger partial charge in [0.25, 0.3) is 0 Å². The Kier molecular flexibility index (Phi) is 3.86. The second-order valence-electron chi connectivity index (χ2n) is 4.49. The molecule has 2 rings (SSSR count). The molecule has 0 aliphatic carbocycles. The third-order valence-corrected chi connectivity index (χ3v) is 3.10. The molecule has 0 unspecified atom stereocenters. The molecule has 0 aliphatic rings. The zero-order valence-electron chi connectivity index (χ0n) is 10.8. The maximum atomic E-state index is 5.32. The Bertz CT molecular complexity index is 584. The van der Waals surface area contributed by atoms with E-state index in [4.69, 9.17) is 12.2 Å². The van der Waals surface area contributed by atoms with Crippen molar-refractivity contribution in [1.82, 2.24) is 25.0 Å². The van der Waals surface area contributed by atoms with Crippen molar-refractivity contribution in [3.05, 3.63) is 22.7 Å². The number of nitrogens with one attached hydrogen (secondary N) is 1. The van der Waals surface area contributed by atoms with Gasteiger partial charge in [-0.15, -0.1) is 5.10 Å². The molecule has 18 heavy (non-hydrogen) atoms. The van der Waals surface area contributed by atoms with Crippen LogP contribution in [0.1, 0.15) is 38.7 Å². The maximum Gasteiger partial charge on any atom is 0.133 e. The summed E-state index contributed by atoms with van der Waals surface area (Å²) in [6.07, 6.45) is 4.41. The van der Waals surface area contributed by atoms with E-state index in [1.54, 1.807) is 12.5 Å². The number of hydrogen-bond donors (Lipinski definition) is 1. The Morgan fingerprint density at radius 2 is 2.22 bits per heavy atom. The fourth-order valence-corrected chi connectivity index (χ4v) is 2.38. The molecule has 0 spiro atoms. The van der Waals surface area contributed by atoms with Crippen LogP contribution >= 0.6 is 12.2 Å². The van der Waals surface area contributed by atoms with Crippen molar-refractivity contribution in [2.24, 2.45) is 0 Å². The smallest absolute Gasteiger partial charge is 0.133 e. The molecule has 0 aliphatic heterocycles. The van der Waals surface area contributed by atoms with Gasteiger partial charge in [0.1, 0.15) is 10.3 Å². The van der Waals surface area contributed by atoms with Crippen LogP contribution in [-0.2, 0) is 6.54 Å². The molecule has 0 radical (unpaired) electrons. The Morgan fingerprint density at radius 3 is 2.89 bits per heavy atom. The van der Waals surface area contributed by atoms with Gasteiger partial charge in [0.05, 0.1) is 18.2 Å². The number of nitrogens with zero attached hydrogens (tertiary/aromatic N) is 4. The predicted octanol–water partition coefficient (Wildman–Crippen LogP) is 2.93. The molecular weight excluding hydrogens is 246 g/mol. The summed E-state index contributed by atoms with van der Waals surface area (Å²) in [7, 11) is 0. The molecule has 0 bridgehead atoms. The SMILES string of the molecule is CCCn1nncc1-c1[nH]cnc(=S)c1C(C)C. The molecule has 5 nitrogen and oxygen atoms in total. The molecule has 0 fully saturated rings. The van der Waals surface area contributed by atoms with Crippen LogP contribution in [0.25, 0.3) is 11.4 Å². The highest BCUT2D eigenvalue weighted by Gasteiger charge is 2.15. The van der Waals surface area contributed by atoms with Gasteiger partial charge in [0.15, 0.2) is 0 Å². The highest BCUT2D eigenvalue weighted by atomic mass is 32.1. The van der Waals surface area contributed by atoms with Crippen LogP contribution < -0.4 is 0 Å². The van der Waals surface area contributed by atoms with Crippen molar-refractivity contribution in [3.63, 3.8) is 0 Å². The summed E-state index contributed by atoms with van der Waals surface area (Å²) in [6.45, 7) is 7.18. The van der Waals surface area contributed by atoms with Crippen molar-refractivity contribution in [1.29, 1.82) is 0 Å². The van der Waals surface area contributed by atoms with Crippen LogP contribution in [-0.4, -0.2) is 25.0 Å². The number of rotatable bonds is 4. The molecule has 2 heterocycles. The van der Waals surface area contributed by atoms with Gasteiger partial charge in [-0.25, -0.2) is 9.67 Å². The molecule has 0 amide bonds. The molecule has 0 saturated heterocycles. The van der Waals surface area contributed by atoms with Crippen LogP contribution in [0, 0.1) is 4.64 Å². The molecular formula is C12H17N5S. The van der Waals surface area contributed by atoms with Crippen LogP contribution in [0.2, 0.25) is 0 Å². The van der Waals surface area contributed by atoms with Gasteiger partial charge in [-0.05, 0) is 12.3 Å². The average Bonchev–Trinajstić information content (AvgIpc) is 2.76. The Hall–Kier alpha value is -1.56. The molecule has 96 valence electrons. The molecule has 2 aromatic rings. The topological polar surface area (TPSA) is 59.4 Å². The fraction of sp³-hybridized carbons (Fsp3) is 0.500. The first-order chi connectivity index (χ1) is 8.65. The van der Waals surface area contributed by atoms with Gasteiger partial charge in [-0.3, -0.25) is 0 Å². The summed E-state index contributed by atoms with van der Waals surface area (Å²) in [5.41, 5.74) is 2.99. The summed E-state index contributed by atoms with van der Waals surface area (Å²) in [5, 5.41) is 8.09. The van der Waals surface area contributed by atoms with Crippen molar-refractivity contribution in [3.8, 4) is 11.4 Å². The molecule has 1 N–H and O–H groups in total. The molecule has 0 saturated carbocycles. The Balaban J connectivity index is 2.60. The van der Waals surface area contributed by atoms with Crippen molar-refractivity contribution in [2.75, 3.05) is 0 Å². The Morgan fingerprint density at radius 1 is 1.44 bits per heavy atom. The first-order valence-electron chi connectivity index (χ1n) is 6.11. The molecule has 0 atom stereocenters. The van der Waals surface area contributed by atoms with Gasteiger partial charge in [0, 0.05) is 12.1 Å². The number of aromatic nitrogens is 5. The highest BCUT2D eigenvalue weighted by molar-refractivity contribution is 7.71. The number of aryl methyl sites for hydroxylation is 1. The quantitative estimate of drug-likeness (QED) is 0.862. The minimum atomic E-state index is 0.308. The summed E-state index contributed by atoms with van der Waals surface area (Å²) in [6, 6.07) is 0. The summed E-state index contributed by atoms with van der Waals surface area (Å²) in [4.78, 5) is 7.34. The monoisotopic (exact) mass is 263 g/mol. The second-order valence-corrected chi connectivity index (χ2v) is 4.88. The standard InChI is InChI=1S/C12H17N5S/c1-4-5-17-9(6-15-16-17)11-10(8(2)3)12(18)14-7-13-11/h6-8H,4-5H2,1-3H3,(H,13,14,18). The number of H-pyrrole nitrogens is 1. The zero-order chi connectivity index (χ0) is 13.1. The minimum Gasteiger partial charge on any atom is -0.344 e. The van der Waals surface area contributed by atoms with E-state index in [2.05, 4.69) is 41.1 Å². The average molecular weight is 263 g/mol. The fourth-order valence-electron chi connectivity index (χ4n) is 1.99. The van der Waals surface area contributed by atoms with E-state index in [9.17, 15) is 0 Å². The van der Waals surface area contributed by atoms with Crippen LogP contribution in [0.15, 0.2) is 12.5 Å². The third-order valence-electron chi connectivity index (χ3n) is 2.78. The number of aromatic amines is 1. The third kappa shape index (κ3) is 2.33. The first kappa shape index (κ1) is 12.9. The van der Waals surface area contributed by atoms with E-state index >= 15 is 0 Å². The second kappa shape index (κ2) is 5.39. The van der Waals surface area contributed by atoms with Gasteiger partial charge in [-0.2, -0.15) is 0 Å². The van der Waals surface area contributed by atoms with Crippen LogP contribution in [0.5, 0.6) is 0 Å². The van der Waals surface area contributed by atoms with Gasteiger partial charge >= 0.3 is 0 Å². The summed E-state index contributed by atoms with van der Waals surface area (Å²) >= 11 is 5.32. The Labute approximate surface area is 111 Å². The zero-order valence-corrected chi connectivity index (χ0v) is 11.7. The van der Waals surface area contributed by atoms with E-state index < -0.39 is 0 Å². The van der Waals surface area contributed by atoms with Crippen molar-refractivity contribution < 1.29 is 0 Å². The van der Waals surface area contributed by atoms with E-state index in [1.807, 2.05) is 4.68 Å². The van der Waals surface area contributed by atoms with E-state index in [0.29, 0.717) is 10.6 Å². The summed E-state index contributed by atoms with van der Waals surface area (Å²) < 4.78 is 2.54. The van der Waals surface area contributed by atoms with Gasteiger partial charge < -0.3 is 4.98 Å². The van der Waals surface area contributed by atoms with Crippen LogP contribution in [0.4, 0.5) is 0 Å². The maximum absolute atomic E-state index is 5.32. The predicted molar refractivity (Wildman–Crippen MR) is 72.8 cm³/mol. The lowest BCUT2D eigenvalue weighted by atomic mass is 10.0. The van der Waals surface area contributed by atoms with E-state index in [1.165, 1.54) is 0 Å². The summed E-state index contributed by atoms with van der Waals surface area (Å²) in [5.74, 6) is 0.308. The lowest BCUT2D eigenvalue weighted by Gasteiger charge is -2.12. The van der Waals surface area contributed by atoms with Gasteiger partial charge in [0.2, 0.25) is 0 Å². The lowest BCUT2D eigenvalue weighted by Crippen LogP contribution is -2.06. The first-order valence-corrected chi connectivity index (χ1v) is 6.52. The molecule has 0 aromatic carbocycles. The highest BCUT2D eigenvalue weighted by Crippen LogP contribution is 2.26. The molecule has 2 aromatic heterocycles. The normalized spacial score (nSPS) is 11.1. The van der Waals surface area contributed by atoms with E-state index in [0.717, 1.165) is 29.9 Å². The number of hydrogen-bond acceptors (Lipinski definition) is 4. The largest absolute Gasteiger partial charge is 0.344 e. The van der Waals surface area contributed by atoms with Gasteiger partial charge in [-0.1, -0.05) is 38.2 Å². The minimum absolute atomic E-state index is 0.308. The lowest BCUT2D eigenvalue weighted by molar-refractivity contribution is 0.582. The molecule has 6 heteroatoms. The van der Waals surface area contributed by atoms with Crippen LogP contribution in [0.3, 0.4) is 0 Å². The van der Waals surface area contributed by atoms with E-state index in [-0.39, 0.29) is 0 Å². The van der Waals surface area contributed by atoms with Crippen molar-refractivity contribution in [2.45, 2.75) is 39.7 Å². The van der Waals surface area contributed by atoms with Crippen molar-refractivity contribution >= 4 is 12.2 Å².